The molecule has 1 saturated heterocycles. The summed E-state index contributed by atoms with van der Waals surface area (Å²) in [5.41, 5.74) is -1.12. The highest BCUT2D eigenvalue weighted by Crippen LogP contribution is 2.05. The van der Waals surface area contributed by atoms with Crippen molar-refractivity contribution in [1.82, 2.24) is 10.2 Å². The molecular formula is C8H18N2O4S. The van der Waals surface area contributed by atoms with Crippen LogP contribution in [0.15, 0.2) is 0 Å². The number of nitrogens with zero attached hydrogens (tertiary/aromatic N) is 1. The largest absolute Gasteiger partial charge is 0.359 e. The van der Waals surface area contributed by atoms with Crippen LogP contribution in [0.4, 0.5) is 0 Å². The fourth-order valence-electron chi connectivity index (χ4n) is 1.52. The number of nitrogens with one attached hydrogen (secondary N) is 1. The van der Waals surface area contributed by atoms with Crippen molar-refractivity contribution in [2.45, 2.75) is 12.4 Å². The molecule has 6 nitrogen and oxygen atoms in total. The molecule has 0 spiro atoms. The van der Waals surface area contributed by atoms with Crippen LogP contribution >= 0.6 is 0 Å². The van der Waals surface area contributed by atoms with Crippen LogP contribution in [-0.4, -0.2) is 62.6 Å². The van der Waals surface area contributed by atoms with E-state index in [-0.39, 0.29) is 13.2 Å². The Labute approximate surface area is 90.3 Å². The Balaban J connectivity index is 2.50. The molecule has 1 fully saturated rings. The standard InChI is InChI=1S/C8H18N2O4S/c1-2-14-8(15(11,12)13)7-10-5-3-9-4-6-10/h8-9H,2-7H2,1H3,(H,11,12,13). The molecule has 0 bridgehead atoms. The van der Waals surface area contributed by atoms with E-state index in [2.05, 4.69) is 5.32 Å². The average Bonchev–Trinajstić information content (AvgIpc) is 2.17. The Bertz CT molecular complexity index is 274. The Morgan fingerprint density at radius 1 is 1.47 bits per heavy atom. The number of hydrogen-bond acceptors (Lipinski definition) is 5. The molecule has 1 unspecified atom stereocenters. The van der Waals surface area contributed by atoms with E-state index in [4.69, 9.17) is 9.29 Å². The predicted octanol–water partition coefficient (Wildman–Crippen LogP) is -0.858. The lowest BCUT2D eigenvalue weighted by Crippen LogP contribution is -2.48. The van der Waals surface area contributed by atoms with Crippen molar-refractivity contribution in [2.24, 2.45) is 0 Å². The molecule has 15 heavy (non-hydrogen) atoms. The zero-order valence-corrected chi connectivity index (χ0v) is 9.66. The molecule has 2 N–H and O–H groups in total. The molecular weight excluding hydrogens is 220 g/mol. The maximum Gasteiger partial charge on any atom is 0.293 e. The van der Waals surface area contributed by atoms with Gasteiger partial charge in [-0.1, -0.05) is 0 Å². The van der Waals surface area contributed by atoms with Gasteiger partial charge in [0.25, 0.3) is 10.1 Å². The molecule has 1 aliphatic rings. The molecule has 90 valence electrons. The fraction of sp³-hybridized carbons (Fsp3) is 1.00. The minimum absolute atomic E-state index is 0.231. The van der Waals surface area contributed by atoms with Gasteiger partial charge in [-0.3, -0.25) is 9.45 Å². The minimum Gasteiger partial charge on any atom is -0.359 e. The third-order valence-corrected chi connectivity index (χ3v) is 3.25. The third-order valence-electron chi connectivity index (χ3n) is 2.30. The molecule has 0 aromatic carbocycles. The first kappa shape index (κ1) is 12.9. The molecule has 1 atom stereocenters. The van der Waals surface area contributed by atoms with Crippen LogP contribution in [0.5, 0.6) is 0 Å². The summed E-state index contributed by atoms with van der Waals surface area (Å²) in [6, 6.07) is 0. The van der Waals surface area contributed by atoms with E-state index in [1.165, 1.54) is 0 Å². The van der Waals surface area contributed by atoms with Gasteiger partial charge in [-0.05, 0) is 6.92 Å². The van der Waals surface area contributed by atoms with Gasteiger partial charge in [0.1, 0.15) is 0 Å². The summed E-state index contributed by atoms with van der Waals surface area (Å²) in [6.07, 6.45) is 0. The summed E-state index contributed by atoms with van der Waals surface area (Å²) in [5, 5.41) is 3.16. The summed E-state index contributed by atoms with van der Waals surface area (Å²) < 4.78 is 35.9. The van der Waals surface area contributed by atoms with E-state index in [9.17, 15) is 8.42 Å². The van der Waals surface area contributed by atoms with Gasteiger partial charge >= 0.3 is 0 Å². The van der Waals surface area contributed by atoms with Crippen molar-refractivity contribution >= 4 is 10.1 Å². The minimum atomic E-state index is -4.11. The Hall–Kier alpha value is -0.210. The van der Waals surface area contributed by atoms with Gasteiger partial charge < -0.3 is 10.1 Å². The molecule has 1 rings (SSSR count). The smallest absolute Gasteiger partial charge is 0.293 e. The van der Waals surface area contributed by atoms with Crippen molar-refractivity contribution in [3.63, 3.8) is 0 Å². The van der Waals surface area contributed by atoms with E-state index >= 15 is 0 Å². The summed E-state index contributed by atoms with van der Waals surface area (Å²) >= 11 is 0. The number of hydrogen-bond donors (Lipinski definition) is 2. The molecule has 0 radical (unpaired) electrons. The topological polar surface area (TPSA) is 78.9 Å². The monoisotopic (exact) mass is 238 g/mol. The van der Waals surface area contributed by atoms with Crippen LogP contribution in [0.3, 0.4) is 0 Å². The van der Waals surface area contributed by atoms with E-state index in [1.807, 2.05) is 4.90 Å². The maximum atomic E-state index is 11.0. The second-order valence-electron chi connectivity index (χ2n) is 3.45. The first-order valence-corrected chi connectivity index (χ1v) is 6.55. The van der Waals surface area contributed by atoms with Crippen molar-refractivity contribution in [3.8, 4) is 0 Å². The van der Waals surface area contributed by atoms with Crippen molar-refractivity contribution < 1.29 is 17.7 Å². The van der Waals surface area contributed by atoms with Crippen LogP contribution in [0.25, 0.3) is 0 Å². The number of piperazine rings is 1. The van der Waals surface area contributed by atoms with Crippen LogP contribution in [0, 0.1) is 0 Å². The van der Waals surface area contributed by atoms with E-state index in [0.717, 1.165) is 26.2 Å². The van der Waals surface area contributed by atoms with E-state index in [0.29, 0.717) is 0 Å². The maximum absolute atomic E-state index is 11.0. The molecule has 0 aliphatic carbocycles. The summed E-state index contributed by atoms with van der Waals surface area (Å²) in [6.45, 7) is 5.44. The lowest BCUT2D eigenvalue weighted by Gasteiger charge is -2.29. The van der Waals surface area contributed by atoms with Gasteiger partial charge in [-0.15, -0.1) is 0 Å². The van der Waals surface area contributed by atoms with Gasteiger partial charge in [0.05, 0.1) is 0 Å². The second kappa shape index (κ2) is 5.76. The molecule has 1 aliphatic heterocycles. The van der Waals surface area contributed by atoms with Crippen LogP contribution < -0.4 is 5.32 Å². The average molecular weight is 238 g/mol. The van der Waals surface area contributed by atoms with Gasteiger partial charge in [0.2, 0.25) is 0 Å². The molecule has 0 amide bonds. The molecule has 0 aromatic heterocycles. The SMILES string of the molecule is CCOC(CN1CCNCC1)S(=O)(=O)O. The zero-order valence-electron chi connectivity index (χ0n) is 8.85. The van der Waals surface area contributed by atoms with Crippen molar-refractivity contribution in [1.29, 1.82) is 0 Å². The number of rotatable bonds is 5. The lowest BCUT2D eigenvalue weighted by molar-refractivity contribution is 0.0735. The van der Waals surface area contributed by atoms with Gasteiger partial charge in [0.15, 0.2) is 5.44 Å². The molecule has 7 heteroatoms. The third kappa shape index (κ3) is 4.43. The number of ether oxygens (including phenoxy) is 1. The first-order chi connectivity index (χ1) is 7.04. The van der Waals surface area contributed by atoms with Crippen LogP contribution in [-0.2, 0) is 14.9 Å². The highest BCUT2D eigenvalue weighted by atomic mass is 32.2. The highest BCUT2D eigenvalue weighted by molar-refractivity contribution is 7.86. The van der Waals surface area contributed by atoms with Gasteiger partial charge in [-0.25, -0.2) is 0 Å². The quantitative estimate of drug-likeness (QED) is 0.607. The zero-order chi connectivity index (χ0) is 11.3. The van der Waals surface area contributed by atoms with Crippen molar-refractivity contribution in [3.05, 3.63) is 0 Å². The highest BCUT2D eigenvalue weighted by Gasteiger charge is 2.26. The molecule has 1 heterocycles. The molecule has 0 aromatic rings. The Morgan fingerprint density at radius 2 is 2.07 bits per heavy atom. The van der Waals surface area contributed by atoms with E-state index in [1.54, 1.807) is 6.92 Å². The predicted molar refractivity (Wildman–Crippen MR) is 56.3 cm³/mol. The summed E-state index contributed by atoms with van der Waals surface area (Å²) in [7, 11) is -4.11. The van der Waals surface area contributed by atoms with Crippen molar-refractivity contribution in [2.75, 3.05) is 39.3 Å². The van der Waals surface area contributed by atoms with Gasteiger partial charge in [0, 0.05) is 39.3 Å². The first-order valence-electron chi connectivity index (χ1n) is 5.05. The summed E-state index contributed by atoms with van der Waals surface area (Å²) in [4.78, 5) is 1.96. The summed E-state index contributed by atoms with van der Waals surface area (Å²) in [5.74, 6) is 0. The second-order valence-corrected chi connectivity index (χ2v) is 5.01. The van der Waals surface area contributed by atoms with Gasteiger partial charge in [-0.2, -0.15) is 8.42 Å². The van der Waals surface area contributed by atoms with E-state index < -0.39 is 15.6 Å². The Kier molecular flexibility index (Phi) is 4.94. The van der Waals surface area contributed by atoms with Crippen LogP contribution in [0.1, 0.15) is 6.92 Å². The molecule has 0 saturated carbocycles. The Morgan fingerprint density at radius 3 is 2.53 bits per heavy atom. The van der Waals surface area contributed by atoms with Crippen LogP contribution in [0.2, 0.25) is 0 Å². The normalized spacial score (nSPS) is 21.5. The lowest BCUT2D eigenvalue weighted by atomic mass is 10.3. The fourth-order valence-corrected chi connectivity index (χ4v) is 2.23.